The Bertz CT molecular complexity index is 1690. The van der Waals surface area contributed by atoms with Crippen molar-refractivity contribution in [3.05, 3.63) is 88.0 Å². The van der Waals surface area contributed by atoms with Gasteiger partial charge in [0.05, 0.1) is 26.6 Å². The molecule has 0 fully saturated rings. The first-order chi connectivity index (χ1) is 21.8. The summed E-state index contributed by atoms with van der Waals surface area (Å²) in [4.78, 5) is 14.7. The van der Waals surface area contributed by atoms with E-state index in [0.29, 0.717) is 27.8 Å². The molecular weight excluding hydrogens is 607 g/mol. The normalized spacial score (nSPS) is 20.0. The first kappa shape index (κ1) is 36.4. The summed E-state index contributed by atoms with van der Waals surface area (Å²) < 4.78 is 38.5. The Kier molecular flexibility index (Phi) is 10.5. The van der Waals surface area contributed by atoms with Crippen molar-refractivity contribution in [1.29, 1.82) is 0 Å². The highest BCUT2D eigenvalue weighted by molar-refractivity contribution is 8.00. The van der Waals surface area contributed by atoms with Gasteiger partial charge < -0.3 is 18.8 Å². The standard InChI is InChI=1S/C40H53NO5S/c1-24(2)19-30-29-23-33(44-12)36(45-13)27(5)35(29)41-47(43,28-17-15-14-16-18-28)38(30)26(4)22-34(42)46-37-31(39(6,7)8)20-25(3)21-32(37)40(9,10)11/h14-21,23,26,30,38H,22H2,1-13H3/t26-,30-,38+,47?/m0/s1. The van der Waals surface area contributed by atoms with E-state index < -0.39 is 15.4 Å². The molecule has 0 bridgehead atoms. The molecule has 3 aromatic carbocycles. The van der Waals surface area contributed by atoms with Crippen LogP contribution in [0.2, 0.25) is 0 Å². The van der Waals surface area contributed by atoms with Gasteiger partial charge >= 0.3 is 5.97 Å². The fourth-order valence-electron chi connectivity index (χ4n) is 6.71. The predicted molar refractivity (Wildman–Crippen MR) is 193 cm³/mol. The molecule has 0 spiro atoms. The van der Waals surface area contributed by atoms with Gasteiger partial charge in [-0.1, -0.05) is 96.0 Å². The highest BCUT2D eigenvalue weighted by Gasteiger charge is 2.47. The summed E-state index contributed by atoms with van der Waals surface area (Å²) in [5, 5.41) is -0.528. The van der Waals surface area contributed by atoms with Gasteiger partial charge in [0.2, 0.25) is 0 Å². The van der Waals surface area contributed by atoms with Crippen molar-refractivity contribution >= 4 is 21.8 Å². The summed E-state index contributed by atoms with van der Waals surface area (Å²) in [5.41, 5.74) is 6.04. The topological polar surface area (TPSA) is 80.2 Å². The number of hydrogen-bond donors (Lipinski definition) is 0. The van der Waals surface area contributed by atoms with E-state index in [1.165, 1.54) is 0 Å². The fourth-order valence-corrected chi connectivity index (χ4v) is 9.66. The SMILES string of the molecule is COc1cc2c(c(C)c1OC)N=[S+]([O-])(c1ccccc1)[C@H]([C@@H](C)CC(=O)Oc1c(C(C)(C)C)cc(C)cc1C(C)(C)C)[C@H]2C=C(C)C. The highest BCUT2D eigenvalue weighted by atomic mass is 32.3. The second-order valence-corrected chi connectivity index (χ2v) is 17.6. The van der Waals surface area contributed by atoms with Gasteiger partial charge in [-0.05, 0) is 72.4 Å². The van der Waals surface area contributed by atoms with E-state index in [1.54, 1.807) is 14.2 Å². The average Bonchev–Trinajstić information content (AvgIpc) is 2.97. The highest BCUT2D eigenvalue weighted by Crippen LogP contribution is 2.53. The van der Waals surface area contributed by atoms with E-state index in [2.05, 4.69) is 66.7 Å². The molecule has 3 aromatic rings. The van der Waals surface area contributed by atoms with Crippen LogP contribution in [0, 0.1) is 19.8 Å². The van der Waals surface area contributed by atoms with Gasteiger partial charge in [-0.2, -0.15) is 0 Å². The Morgan fingerprint density at radius 1 is 0.936 bits per heavy atom. The van der Waals surface area contributed by atoms with Crippen LogP contribution in [0.4, 0.5) is 5.69 Å². The molecule has 0 saturated carbocycles. The summed E-state index contributed by atoms with van der Waals surface area (Å²) in [7, 11) is 0.122. The molecule has 1 aliphatic heterocycles. The van der Waals surface area contributed by atoms with Crippen molar-refractivity contribution in [2.45, 2.75) is 109 Å². The van der Waals surface area contributed by atoms with Crippen LogP contribution in [-0.2, 0) is 25.7 Å². The number of benzene rings is 3. The molecule has 6 nitrogen and oxygen atoms in total. The van der Waals surface area contributed by atoms with Gasteiger partial charge in [0.25, 0.3) is 0 Å². The minimum atomic E-state index is -3.09. The number of fused-ring (bicyclic) bond motifs is 1. The molecule has 0 amide bonds. The molecule has 0 saturated heterocycles. The molecule has 4 rings (SSSR count). The van der Waals surface area contributed by atoms with E-state index in [9.17, 15) is 4.79 Å². The molecule has 0 aliphatic carbocycles. The summed E-state index contributed by atoms with van der Waals surface area (Å²) >= 11 is 0. The van der Waals surface area contributed by atoms with Crippen LogP contribution in [-0.4, -0.2) is 30.0 Å². The van der Waals surface area contributed by atoms with Gasteiger partial charge in [0, 0.05) is 22.6 Å². The lowest BCUT2D eigenvalue weighted by atomic mass is 9.78. The number of rotatable bonds is 8. The number of nitrogens with zero attached hydrogens (tertiary/aromatic N) is 1. The smallest absolute Gasteiger partial charge is 0.311 e. The Morgan fingerprint density at radius 3 is 2.00 bits per heavy atom. The molecule has 0 N–H and O–H groups in total. The first-order valence-electron chi connectivity index (χ1n) is 16.4. The monoisotopic (exact) mass is 659 g/mol. The van der Waals surface area contributed by atoms with E-state index in [0.717, 1.165) is 33.4 Å². The number of ether oxygens (including phenoxy) is 3. The quantitative estimate of drug-likeness (QED) is 0.104. The zero-order chi connectivity index (χ0) is 35.1. The van der Waals surface area contributed by atoms with Gasteiger partial charge in [0.1, 0.15) is 21.6 Å². The van der Waals surface area contributed by atoms with Crippen LogP contribution >= 0.6 is 0 Å². The second kappa shape index (κ2) is 13.6. The van der Waals surface area contributed by atoms with Crippen LogP contribution in [0.15, 0.2) is 69.4 Å². The fraction of sp³-hybridized carbons (Fsp3) is 0.475. The Balaban J connectivity index is 1.89. The first-order valence-corrected chi connectivity index (χ1v) is 18.0. The summed E-state index contributed by atoms with van der Waals surface area (Å²) in [6.07, 6.45) is 2.23. The number of methoxy groups -OCH3 is 2. The molecule has 47 heavy (non-hydrogen) atoms. The maximum Gasteiger partial charge on any atom is 0.311 e. The number of esters is 1. The maximum absolute atomic E-state index is 15.6. The van der Waals surface area contributed by atoms with Gasteiger partial charge in [-0.3, -0.25) is 4.79 Å². The third-order valence-corrected chi connectivity index (χ3v) is 11.8. The molecule has 7 heteroatoms. The van der Waals surface area contributed by atoms with Gasteiger partial charge in [-0.15, -0.1) is 4.36 Å². The van der Waals surface area contributed by atoms with Crippen molar-refractivity contribution in [2.24, 2.45) is 10.3 Å². The van der Waals surface area contributed by atoms with E-state index >= 15 is 4.55 Å². The van der Waals surface area contributed by atoms with Crippen molar-refractivity contribution in [2.75, 3.05) is 14.2 Å². The molecule has 1 unspecified atom stereocenters. The molecule has 0 radical (unpaired) electrons. The molecule has 4 atom stereocenters. The molecule has 1 heterocycles. The Labute approximate surface area is 283 Å². The van der Waals surface area contributed by atoms with Crippen molar-refractivity contribution < 1.29 is 23.6 Å². The summed E-state index contributed by atoms with van der Waals surface area (Å²) in [6.45, 7) is 22.9. The van der Waals surface area contributed by atoms with Crippen molar-refractivity contribution in [1.82, 2.24) is 0 Å². The number of carbonyl (C=O) groups is 1. The average molecular weight is 660 g/mol. The summed E-state index contributed by atoms with van der Waals surface area (Å²) in [5.74, 6) is 0.770. The molecule has 254 valence electrons. The minimum Gasteiger partial charge on any atom is -0.626 e. The third-order valence-electron chi connectivity index (χ3n) is 8.92. The van der Waals surface area contributed by atoms with Crippen molar-refractivity contribution in [3.8, 4) is 17.2 Å². The number of aryl methyl sites for hydroxylation is 1. The zero-order valence-corrected chi connectivity index (χ0v) is 31.3. The van der Waals surface area contributed by atoms with Crippen LogP contribution in [0.3, 0.4) is 0 Å². The zero-order valence-electron chi connectivity index (χ0n) is 30.5. The van der Waals surface area contributed by atoms with Gasteiger partial charge in [0.15, 0.2) is 11.5 Å². The lowest BCUT2D eigenvalue weighted by molar-refractivity contribution is -0.135. The van der Waals surface area contributed by atoms with E-state index in [-0.39, 0.29) is 35.1 Å². The van der Waals surface area contributed by atoms with E-state index in [4.69, 9.17) is 18.6 Å². The number of carbonyl (C=O) groups excluding carboxylic acids is 1. The largest absolute Gasteiger partial charge is 0.626 e. The summed E-state index contributed by atoms with van der Waals surface area (Å²) in [6, 6.07) is 15.6. The van der Waals surface area contributed by atoms with E-state index in [1.807, 2.05) is 64.1 Å². The maximum atomic E-state index is 15.6. The Morgan fingerprint density at radius 2 is 1.51 bits per heavy atom. The van der Waals surface area contributed by atoms with Crippen LogP contribution in [0.1, 0.15) is 102 Å². The molecular formula is C40H53NO5S. The number of allylic oxidation sites excluding steroid dienone is 2. The van der Waals surface area contributed by atoms with Gasteiger partial charge in [-0.25, -0.2) is 0 Å². The van der Waals surface area contributed by atoms with Crippen LogP contribution < -0.4 is 14.2 Å². The molecule has 1 aliphatic rings. The van der Waals surface area contributed by atoms with Crippen LogP contribution in [0.5, 0.6) is 17.2 Å². The number of hydrogen-bond acceptors (Lipinski definition) is 6. The minimum absolute atomic E-state index is 0.0692. The Hall–Kier alpha value is -3.42. The third kappa shape index (κ3) is 7.36. The second-order valence-electron chi connectivity index (χ2n) is 15.2. The van der Waals surface area contributed by atoms with Crippen LogP contribution in [0.25, 0.3) is 0 Å². The lowest BCUT2D eigenvalue weighted by Crippen LogP contribution is -2.41. The molecule has 0 aromatic heterocycles. The lowest BCUT2D eigenvalue weighted by Gasteiger charge is -2.42. The predicted octanol–water partition coefficient (Wildman–Crippen LogP) is 10.1. The van der Waals surface area contributed by atoms with Crippen molar-refractivity contribution in [3.63, 3.8) is 0 Å².